The van der Waals surface area contributed by atoms with Crippen LogP contribution in [-0.2, 0) is 42.7 Å². The average molecular weight is 1010 g/mol. The summed E-state index contributed by atoms with van der Waals surface area (Å²) >= 11 is 0. The van der Waals surface area contributed by atoms with Gasteiger partial charge in [-0.25, -0.2) is 4.98 Å². The summed E-state index contributed by atoms with van der Waals surface area (Å²) in [5.74, 6) is 1.05. The Bertz CT molecular complexity index is 2830. The molecule has 0 atom stereocenters. The number of aromatic hydroxyl groups is 1. The van der Waals surface area contributed by atoms with E-state index in [1.165, 1.54) is 27.8 Å². The minimum absolute atomic E-state index is 0. The summed E-state index contributed by atoms with van der Waals surface area (Å²) in [6.45, 7) is 26.5. The molecule has 0 fully saturated rings. The maximum atomic E-state index is 11.9. The van der Waals surface area contributed by atoms with Gasteiger partial charge in [0, 0.05) is 38.4 Å². The number of pyridine rings is 1. The van der Waals surface area contributed by atoms with Crippen molar-refractivity contribution >= 4 is 11.0 Å². The number of rotatable bonds is 5. The van der Waals surface area contributed by atoms with Crippen molar-refractivity contribution in [2.75, 3.05) is 0 Å². The quantitative estimate of drug-likeness (QED) is 0.175. The van der Waals surface area contributed by atoms with Gasteiger partial charge in [-0.1, -0.05) is 180 Å². The zero-order chi connectivity index (χ0) is 44.6. The Morgan fingerprint density at radius 2 is 1.10 bits per heavy atom. The van der Waals surface area contributed by atoms with Crippen LogP contribution in [0.1, 0.15) is 105 Å². The molecule has 8 rings (SSSR count). The molecule has 4 nitrogen and oxygen atoms in total. The Balaban J connectivity index is 0.000000243. The van der Waals surface area contributed by atoms with E-state index in [4.69, 9.17) is 4.98 Å². The molecular formula is C58H62N3OPt-. The number of fused-ring (bicyclic) bond motifs is 1. The summed E-state index contributed by atoms with van der Waals surface area (Å²) in [6.07, 6.45) is 1.87. The van der Waals surface area contributed by atoms with Crippen LogP contribution in [0, 0.1) is 6.07 Å². The van der Waals surface area contributed by atoms with Crippen molar-refractivity contribution in [2.45, 2.75) is 105 Å². The fraction of sp³-hybridized carbons (Fsp3) is 0.276. The number of para-hydroxylation sites is 2. The topological polar surface area (TPSA) is 50.9 Å². The first-order valence-corrected chi connectivity index (χ1v) is 21.8. The van der Waals surface area contributed by atoms with Crippen LogP contribution in [0.5, 0.6) is 5.75 Å². The third-order valence-corrected chi connectivity index (χ3v) is 11.6. The Morgan fingerprint density at radius 1 is 0.508 bits per heavy atom. The number of imidazole rings is 1. The van der Waals surface area contributed by atoms with Gasteiger partial charge >= 0.3 is 0 Å². The molecule has 6 aromatic carbocycles. The second-order valence-corrected chi connectivity index (χ2v) is 20.6. The van der Waals surface area contributed by atoms with E-state index < -0.39 is 0 Å². The van der Waals surface area contributed by atoms with Crippen molar-refractivity contribution in [1.82, 2.24) is 14.5 Å². The standard InChI is InChI=1S/C37H42N2O.C21H20N.Pt/c1-35(2,3)25-19-20-27(24-15-11-10-12-16-24)32(23-25)39-31-18-14-13-17-30(31)38-34(39)28-21-26(36(4,5)6)22-29(33(28)40)37(7,8)9;1-21(2,3)19-11-7-10-18(14-19)20-15-17(12-13-22-20)16-8-5-4-6-9-16;/h10-23,40H,1-9H3;4-9,11-15H,1-3H3;/q;-1;. The molecule has 0 saturated carbocycles. The number of phenolic OH excluding ortho intramolecular Hbond substituents is 1. The van der Waals surface area contributed by atoms with Crippen molar-refractivity contribution in [2.24, 2.45) is 0 Å². The molecule has 0 aliphatic heterocycles. The second-order valence-electron chi connectivity index (χ2n) is 20.6. The zero-order valence-corrected chi connectivity index (χ0v) is 41.3. The van der Waals surface area contributed by atoms with Crippen LogP contribution >= 0.6 is 0 Å². The molecule has 0 saturated heterocycles. The summed E-state index contributed by atoms with van der Waals surface area (Å²) in [7, 11) is 0. The number of nitrogens with zero attached hydrogens (tertiary/aromatic N) is 3. The SMILES string of the molecule is CC(C)(C)c1cc[c-]c(-c2cc(-c3ccccc3)ccn2)c1.CC(C)(C)c1ccc(-c2ccccc2)c(-n2c(-c3cc(C(C)(C)C)cc(C(C)(C)C)c3O)nc3ccccc32)c1.[Pt]. The van der Waals surface area contributed by atoms with E-state index in [2.05, 4.69) is 220 Å². The van der Waals surface area contributed by atoms with Crippen LogP contribution in [0.15, 0.2) is 152 Å². The largest absolute Gasteiger partial charge is 0.507 e. The number of hydrogen-bond donors (Lipinski definition) is 1. The van der Waals surface area contributed by atoms with Gasteiger partial charge in [-0.3, -0.25) is 4.57 Å². The number of benzene rings is 6. The van der Waals surface area contributed by atoms with Crippen molar-refractivity contribution in [3.05, 3.63) is 180 Å². The van der Waals surface area contributed by atoms with Gasteiger partial charge in [-0.15, -0.1) is 35.4 Å². The van der Waals surface area contributed by atoms with Gasteiger partial charge in [0.15, 0.2) is 0 Å². The molecule has 5 heteroatoms. The van der Waals surface area contributed by atoms with Gasteiger partial charge in [0.25, 0.3) is 0 Å². The maximum absolute atomic E-state index is 11.9. The Hall–Kier alpha value is -5.57. The Labute approximate surface area is 390 Å². The van der Waals surface area contributed by atoms with E-state index in [-0.39, 0.29) is 42.7 Å². The molecule has 2 heterocycles. The van der Waals surface area contributed by atoms with E-state index >= 15 is 0 Å². The van der Waals surface area contributed by atoms with Crippen LogP contribution in [0.4, 0.5) is 0 Å². The minimum Gasteiger partial charge on any atom is -0.507 e. The molecule has 2 aromatic heterocycles. The molecule has 1 N–H and O–H groups in total. The maximum Gasteiger partial charge on any atom is 0.149 e. The van der Waals surface area contributed by atoms with Crippen LogP contribution in [0.25, 0.3) is 61.6 Å². The van der Waals surface area contributed by atoms with Gasteiger partial charge in [0.1, 0.15) is 11.6 Å². The molecule has 0 amide bonds. The second kappa shape index (κ2) is 18.3. The molecule has 0 unspecified atom stereocenters. The van der Waals surface area contributed by atoms with Crippen molar-refractivity contribution in [3.63, 3.8) is 0 Å². The average Bonchev–Trinajstić information content (AvgIpc) is 3.62. The smallest absolute Gasteiger partial charge is 0.149 e. The van der Waals surface area contributed by atoms with Crippen LogP contribution in [0.3, 0.4) is 0 Å². The van der Waals surface area contributed by atoms with E-state index in [0.717, 1.165) is 56.1 Å². The van der Waals surface area contributed by atoms with Crippen molar-refractivity contribution in [3.8, 4) is 56.3 Å². The minimum atomic E-state index is -0.238. The predicted molar refractivity (Wildman–Crippen MR) is 262 cm³/mol. The van der Waals surface area contributed by atoms with Gasteiger partial charge < -0.3 is 10.1 Å². The van der Waals surface area contributed by atoms with E-state index in [1.807, 2.05) is 30.5 Å². The zero-order valence-electron chi connectivity index (χ0n) is 39.0. The first-order chi connectivity index (χ1) is 29.2. The van der Waals surface area contributed by atoms with E-state index in [1.54, 1.807) is 0 Å². The Morgan fingerprint density at radius 3 is 1.71 bits per heavy atom. The molecule has 0 aliphatic carbocycles. The van der Waals surface area contributed by atoms with Crippen LogP contribution < -0.4 is 0 Å². The summed E-state index contributed by atoms with van der Waals surface area (Å²) < 4.78 is 2.25. The van der Waals surface area contributed by atoms with Gasteiger partial charge in [0.05, 0.1) is 22.3 Å². The van der Waals surface area contributed by atoms with Crippen LogP contribution in [0.2, 0.25) is 0 Å². The normalized spacial score (nSPS) is 12.1. The molecular weight excluding hydrogens is 950 g/mol. The van der Waals surface area contributed by atoms with Crippen molar-refractivity contribution < 1.29 is 26.2 Å². The summed E-state index contributed by atoms with van der Waals surface area (Å²) in [5.41, 5.74) is 14.8. The van der Waals surface area contributed by atoms with E-state index in [9.17, 15) is 5.11 Å². The Kier molecular flexibility index (Phi) is 13.6. The number of hydrogen-bond acceptors (Lipinski definition) is 3. The number of aromatic nitrogens is 3. The number of phenols is 1. The summed E-state index contributed by atoms with van der Waals surface area (Å²) in [5, 5.41) is 11.9. The molecule has 326 valence electrons. The third-order valence-electron chi connectivity index (χ3n) is 11.6. The monoisotopic (exact) mass is 1010 g/mol. The third kappa shape index (κ3) is 10.5. The molecule has 0 bridgehead atoms. The fourth-order valence-corrected chi connectivity index (χ4v) is 7.77. The van der Waals surface area contributed by atoms with Gasteiger partial charge in [-0.2, -0.15) is 0 Å². The summed E-state index contributed by atoms with van der Waals surface area (Å²) in [4.78, 5) is 9.72. The van der Waals surface area contributed by atoms with Crippen LogP contribution in [-0.4, -0.2) is 19.6 Å². The van der Waals surface area contributed by atoms with Gasteiger partial charge in [-0.05, 0) is 85.5 Å². The molecule has 0 aliphatic rings. The van der Waals surface area contributed by atoms with Crippen molar-refractivity contribution in [1.29, 1.82) is 0 Å². The fourth-order valence-electron chi connectivity index (χ4n) is 7.77. The molecule has 63 heavy (non-hydrogen) atoms. The predicted octanol–water partition coefficient (Wildman–Crippen LogP) is 15.5. The first-order valence-electron chi connectivity index (χ1n) is 21.8. The van der Waals surface area contributed by atoms with Gasteiger partial charge in [0.2, 0.25) is 0 Å². The first kappa shape index (κ1) is 46.9. The molecule has 8 aromatic rings. The van der Waals surface area contributed by atoms with E-state index in [0.29, 0.717) is 5.75 Å². The molecule has 0 spiro atoms. The molecule has 0 radical (unpaired) electrons. The summed E-state index contributed by atoms with van der Waals surface area (Å²) in [6, 6.07) is 54.1.